The summed E-state index contributed by atoms with van der Waals surface area (Å²) < 4.78 is 0. The predicted octanol–water partition coefficient (Wildman–Crippen LogP) is 9.67. The Morgan fingerprint density at radius 3 is 0.880 bits per heavy atom. The zero-order chi connectivity index (χ0) is 18.6. The summed E-state index contributed by atoms with van der Waals surface area (Å²) in [4.78, 5) is 0. The first kappa shape index (κ1) is 25.0. The normalized spacial score (nSPS) is 12.0. The van der Waals surface area contributed by atoms with Crippen molar-refractivity contribution < 1.29 is 0 Å². The molecule has 0 saturated carbocycles. The fourth-order valence-corrected chi connectivity index (χ4v) is 3.66. The van der Waals surface area contributed by atoms with Crippen LogP contribution >= 0.6 is 0 Å². The Morgan fingerprint density at radius 1 is 0.400 bits per heavy atom. The van der Waals surface area contributed by atoms with Gasteiger partial charge in [-0.1, -0.05) is 150 Å². The summed E-state index contributed by atoms with van der Waals surface area (Å²) in [5.74, 6) is 0. The monoisotopic (exact) mass is 351 g/mol. The van der Waals surface area contributed by atoms with E-state index in [1.807, 2.05) is 0 Å². The Balaban J connectivity index is 3.01. The highest BCUT2D eigenvalue weighted by molar-refractivity contribution is 4.61. The summed E-state index contributed by atoms with van der Waals surface area (Å²) in [6.45, 7) is 11.0. The molecule has 0 bridgehead atoms. The summed E-state index contributed by atoms with van der Waals surface area (Å²) in [5.41, 5.74) is 0.534. The molecule has 0 heteroatoms. The molecule has 0 nitrogen and oxygen atoms in total. The van der Waals surface area contributed by atoms with Gasteiger partial charge in [-0.2, -0.15) is 0 Å². The molecule has 0 aromatic heterocycles. The molecule has 0 aliphatic heterocycles. The van der Waals surface area contributed by atoms with Crippen molar-refractivity contribution in [2.24, 2.45) is 5.41 Å². The topological polar surface area (TPSA) is 0 Å². The van der Waals surface area contributed by atoms with Crippen LogP contribution in [0.4, 0.5) is 0 Å². The lowest BCUT2D eigenvalue weighted by Gasteiger charge is -2.17. The van der Waals surface area contributed by atoms with E-state index in [0.29, 0.717) is 5.41 Å². The van der Waals surface area contributed by atoms with Crippen LogP contribution in [0.3, 0.4) is 0 Å². The van der Waals surface area contributed by atoms with Crippen molar-refractivity contribution in [1.82, 2.24) is 0 Å². The van der Waals surface area contributed by atoms with Gasteiger partial charge in [0.2, 0.25) is 0 Å². The van der Waals surface area contributed by atoms with E-state index in [4.69, 9.17) is 0 Å². The van der Waals surface area contributed by atoms with Gasteiger partial charge in [-0.25, -0.2) is 0 Å². The van der Waals surface area contributed by atoms with Crippen LogP contribution in [-0.4, -0.2) is 0 Å². The maximum absolute atomic E-state index is 3.91. The van der Waals surface area contributed by atoms with E-state index in [1.165, 1.54) is 122 Å². The molecule has 0 aromatic rings. The molecular formula is C25H51. The zero-order valence-corrected chi connectivity index (χ0v) is 18.3. The van der Waals surface area contributed by atoms with Crippen LogP contribution in [0.1, 0.15) is 149 Å². The molecule has 0 unspecified atom stereocenters. The third-order valence-electron chi connectivity index (χ3n) is 5.43. The highest BCUT2D eigenvalue weighted by Gasteiger charge is 2.08. The van der Waals surface area contributed by atoms with Gasteiger partial charge in [-0.05, 0) is 11.8 Å². The van der Waals surface area contributed by atoms with Crippen LogP contribution in [-0.2, 0) is 0 Å². The summed E-state index contributed by atoms with van der Waals surface area (Å²) >= 11 is 0. The highest BCUT2D eigenvalue weighted by atomic mass is 14.1. The van der Waals surface area contributed by atoms with Crippen LogP contribution in [0.5, 0.6) is 0 Å². The predicted molar refractivity (Wildman–Crippen MR) is 117 cm³/mol. The van der Waals surface area contributed by atoms with Gasteiger partial charge in [0.1, 0.15) is 0 Å². The number of hydrogen-bond donors (Lipinski definition) is 0. The van der Waals surface area contributed by atoms with E-state index < -0.39 is 0 Å². The minimum Gasteiger partial charge on any atom is -0.0602 e. The number of hydrogen-bond acceptors (Lipinski definition) is 0. The molecule has 0 aromatic carbocycles. The first-order valence-electron chi connectivity index (χ1n) is 11.9. The maximum atomic E-state index is 3.91. The van der Waals surface area contributed by atoms with E-state index in [2.05, 4.69) is 27.7 Å². The van der Waals surface area contributed by atoms with Gasteiger partial charge in [0.25, 0.3) is 0 Å². The molecule has 0 rings (SSSR count). The van der Waals surface area contributed by atoms with E-state index in [-0.39, 0.29) is 0 Å². The lowest BCUT2D eigenvalue weighted by atomic mass is 9.89. The minimum absolute atomic E-state index is 0.534. The maximum Gasteiger partial charge on any atom is -0.0383 e. The number of rotatable bonds is 19. The van der Waals surface area contributed by atoms with Crippen molar-refractivity contribution in [3.05, 3.63) is 6.92 Å². The van der Waals surface area contributed by atoms with Crippen LogP contribution < -0.4 is 0 Å². The summed E-state index contributed by atoms with van der Waals surface area (Å²) in [5, 5.41) is 0. The summed E-state index contributed by atoms with van der Waals surface area (Å²) in [6, 6.07) is 0. The van der Waals surface area contributed by atoms with Crippen molar-refractivity contribution in [3.8, 4) is 0 Å². The van der Waals surface area contributed by atoms with Crippen molar-refractivity contribution in [2.75, 3.05) is 0 Å². The van der Waals surface area contributed by atoms with Crippen molar-refractivity contribution in [3.63, 3.8) is 0 Å². The summed E-state index contributed by atoms with van der Waals surface area (Å²) in [7, 11) is 0. The fourth-order valence-electron chi connectivity index (χ4n) is 3.66. The van der Waals surface area contributed by atoms with E-state index in [9.17, 15) is 0 Å². The fraction of sp³-hybridized carbons (Fsp3) is 0.960. The molecule has 0 aliphatic carbocycles. The van der Waals surface area contributed by atoms with Crippen LogP contribution in [0.15, 0.2) is 0 Å². The quantitative estimate of drug-likeness (QED) is 0.203. The van der Waals surface area contributed by atoms with Crippen molar-refractivity contribution in [2.45, 2.75) is 149 Å². The lowest BCUT2D eigenvalue weighted by Crippen LogP contribution is -2.03. The molecule has 0 heterocycles. The van der Waals surface area contributed by atoms with Gasteiger partial charge in [0.05, 0.1) is 0 Å². The molecule has 0 spiro atoms. The molecule has 0 atom stereocenters. The SMILES string of the molecule is [CH2]CCCCCCCCCCCCCCCCCCCCC(C)(C)C. The Morgan fingerprint density at radius 2 is 0.640 bits per heavy atom. The average molecular weight is 352 g/mol. The molecule has 151 valence electrons. The minimum atomic E-state index is 0.534. The van der Waals surface area contributed by atoms with Gasteiger partial charge >= 0.3 is 0 Å². The highest BCUT2D eigenvalue weighted by Crippen LogP contribution is 2.22. The second-order valence-electron chi connectivity index (χ2n) is 9.53. The Labute approximate surface area is 161 Å². The smallest absolute Gasteiger partial charge is 0.0383 e. The largest absolute Gasteiger partial charge is 0.0602 e. The van der Waals surface area contributed by atoms with Gasteiger partial charge in [-0.3, -0.25) is 0 Å². The standard InChI is InChI=1S/C25H51/c1-5-6-7-8-9-10-11-12-13-14-15-16-17-18-19-20-21-22-23-24-25(2,3)4/h1,5-24H2,2-4H3. The van der Waals surface area contributed by atoms with Gasteiger partial charge in [0, 0.05) is 0 Å². The van der Waals surface area contributed by atoms with Crippen molar-refractivity contribution in [1.29, 1.82) is 0 Å². The van der Waals surface area contributed by atoms with Crippen LogP contribution in [0, 0.1) is 12.3 Å². The third kappa shape index (κ3) is 24.0. The first-order chi connectivity index (χ1) is 12.1. The molecular weight excluding hydrogens is 300 g/mol. The van der Waals surface area contributed by atoms with E-state index >= 15 is 0 Å². The van der Waals surface area contributed by atoms with Crippen molar-refractivity contribution >= 4 is 0 Å². The molecule has 0 aliphatic rings. The Bertz CT molecular complexity index is 235. The van der Waals surface area contributed by atoms with Crippen LogP contribution in [0.25, 0.3) is 0 Å². The van der Waals surface area contributed by atoms with E-state index in [0.717, 1.165) is 6.42 Å². The van der Waals surface area contributed by atoms with Crippen LogP contribution in [0.2, 0.25) is 0 Å². The molecule has 0 saturated heterocycles. The molecule has 0 amide bonds. The van der Waals surface area contributed by atoms with Gasteiger partial charge < -0.3 is 0 Å². The second-order valence-corrected chi connectivity index (χ2v) is 9.53. The molecule has 25 heavy (non-hydrogen) atoms. The molecule has 0 fully saturated rings. The zero-order valence-electron chi connectivity index (χ0n) is 18.3. The Hall–Kier alpha value is 0. The first-order valence-corrected chi connectivity index (χ1v) is 11.9. The third-order valence-corrected chi connectivity index (χ3v) is 5.43. The molecule has 0 N–H and O–H groups in total. The average Bonchev–Trinajstić information content (AvgIpc) is 2.56. The molecule has 1 radical (unpaired) electrons. The summed E-state index contributed by atoms with van der Waals surface area (Å²) in [6.07, 6.45) is 28.7. The number of unbranched alkanes of at least 4 members (excludes halogenated alkanes) is 18. The van der Waals surface area contributed by atoms with Gasteiger partial charge in [-0.15, -0.1) is 0 Å². The second kappa shape index (κ2) is 18.8. The Kier molecular flexibility index (Phi) is 18.8. The van der Waals surface area contributed by atoms with Gasteiger partial charge in [0.15, 0.2) is 0 Å². The lowest BCUT2D eigenvalue weighted by molar-refractivity contribution is 0.356. The van der Waals surface area contributed by atoms with E-state index in [1.54, 1.807) is 0 Å².